The van der Waals surface area contributed by atoms with Crippen LogP contribution in [-0.2, 0) is 10.0 Å². The van der Waals surface area contributed by atoms with Gasteiger partial charge in [-0.2, -0.15) is 0 Å². The van der Waals surface area contributed by atoms with E-state index in [-0.39, 0.29) is 0 Å². The highest BCUT2D eigenvalue weighted by Crippen LogP contribution is 2.18. The van der Waals surface area contributed by atoms with E-state index in [1.165, 1.54) is 4.31 Å². The third kappa shape index (κ3) is 6.56. The molecule has 0 heterocycles. The van der Waals surface area contributed by atoms with Crippen LogP contribution in [0.2, 0.25) is 0 Å². The van der Waals surface area contributed by atoms with Gasteiger partial charge >= 0.3 is 0 Å². The highest BCUT2D eigenvalue weighted by atomic mass is 32.2. The van der Waals surface area contributed by atoms with Gasteiger partial charge in [-0.3, -0.25) is 0 Å². The van der Waals surface area contributed by atoms with Crippen molar-refractivity contribution < 1.29 is 13.2 Å². The number of sulfonamides is 1. The van der Waals surface area contributed by atoms with E-state index in [4.69, 9.17) is 4.74 Å². The van der Waals surface area contributed by atoms with Crippen LogP contribution in [0.3, 0.4) is 0 Å². The summed E-state index contributed by atoms with van der Waals surface area (Å²) in [5.41, 5.74) is 1.15. The molecule has 0 amide bonds. The van der Waals surface area contributed by atoms with E-state index in [2.05, 4.69) is 4.90 Å². The van der Waals surface area contributed by atoms with Crippen molar-refractivity contribution in [2.45, 2.75) is 30.6 Å². The molecule has 0 aliphatic carbocycles. The molecule has 0 aromatic heterocycles. The van der Waals surface area contributed by atoms with E-state index in [9.17, 15) is 8.42 Å². The van der Waals surface area contributed by atoms with E-state index in [0.717, 1.165) is 37.1 Å². The Labute approximate surface area is 163 Å². The Morgan fingerprint density at radius 3 is 2.07 bits per heavy atom. The molecule has 0 fully saturated rings. The normalized spacial score (nSPS) is 11.6. The van der Waals surface area contributed by atoms with Crippen LogP contribution < -0.4 is 9.64 Å². The summed E-state index contributed by atoms with van der Waals surface area (Å²) in [6.45, 7) is 1.21. The molecule has 148 valence electrons. The van der Waals surface area contributed by atoms with Crippen LogP contribution in [0.25, 0.3) is 0 Å². The van der Waals surface area contributed by atoms with Crippen LogP contribution in [0.15, 0.2) is 59.5 Å². The van der Waals surface area contributed by atoms with E-state index in [1.807, 2.05) is 44.4 Å². The first kappa shape index (κ1) is 21.3. The van der Waals surface area contributed by atoms with Crippen molar-refractivity contribution in [1.82, 2.24) is 4.31 Å². The van der Waals surface area contributed by atoms with Crippen molar-refractivity contribution in [3.05, 3.63) is 54.6 Å². The molecule has 0 radical (unpaired) electrons. The monoisotopic (exact) mass is 390 g/mol. The number of hydrogen-bond donors (Lipinski definition) is 0. The Kier molecular flexibility index (Phi) is 8.13. The molecule has 0 saturated heterocycles. The predicted molar refractivity (Wildman–Crippen MR) is 111 cm³/mol. The van der Waals surface area contributed by atoms with Gasteiger partial charge in [0, 0.05) is 33.4 Å². The quantitative estimate of drug-likeness (QED) is 0.544. The van der Waals surface area contributed by atoms with Gasteiger partial charge < -0.3 is 9.64 Å². The fourth-order valence-electron chi connectivity index (χ4n) is 2.71. The Hall–Kier alpha value is -2.05. The molecular formula is C21H30N2O3S. The SMILES string of the molecule is CN(C)c1ccc(OCCCCCCN(C)S(=O)(=O)c2ccccc2)cc1. The lowest BCUT2D eigenvalue weighted by Gasteiger charge is -2.17. The maximum Gasteiger partial charge on any atom is 0.242 e. The number of hydrogen-bond acceptors (Lipinski definition) is 4. The summed E-state index contributed by atoms with van der Waals surface area (Å²) >= 11 is 0. The van der Waals surface area contributed by atoms with E-state index in [0.29, 0.717) is 18.0 Å². The van der Waals surface area contributed by atoms with Crippen molar-refractivity contribution in [3.8, 4) is 5.75 Å². The molecule has 27 heavy (non-hydrogen) atoms. The van der Waals surface area contributed by atoms with E-state index < -0.39 is 10.0 Å². The molecule has 6 heteroatoms. The van der Waals surface area contributed by atoms with Gasteiger partial charge in [0.1, 0.15) is 5.75 Å². The zero-order chi connectivity index (χ0) is 19.7. The molecule has 0 N–H and O–H groups in total. The van der Waals surface area contributed by atoms with Crippen molar-refractivity contribution in [2.75, 3.05) is 39.2 Å². The van der Waals surface area contributed by atoms with Crippen molar-refractivity contribution >= 4 is 15.7 Å². The summed E-state index contributed by atoms with van der Waals surface area (Å²) < 4.78 is 32.0. The maximum atomic E-state index is 12.4. The fraction of sp³-hybridized carbons (Fsp3) is 0.429. The topological polar surface area (TPSA) is 49.9 Å². The summed E-state index contributed by atoms with van der Waals surface area (Å²) in [4.78, 5) is 2.40. The van der Waals surface area contributed by atoms with Crippen LogP contribution in [0.1, 0.15) is 25.7 Å². The molecule has 0 atom stereocenters. The lowest BCUT2D eigenvalue weighted by Crippen LogP contribution is -2.27. The summed E-state index contributed by atoms with van der Waals surface area (Å²) in [5.74, 6) is 0.884. The van der Waals surface area contributed by atoms with Gasteiger partial charge in [0.05, 0.1) is 11.5 Å². The zero-order valence-electron chi connectivity index (χ0n) is 16.5. The van der Waals surface area contributed by atoms with Gasteiger partial charge in [-0.25, -0.2) is 12.7 Å². The molecule has 0 aliphatic rings. The highest BCUT2D eigenvalue weighted by Gasteiger charge is 2.19. The average Bonchev–Trinajstić information content (AvgIpc) is 2.68. The Bertz CT molecular complexity index is 775. The minimum atomic E-state index is -3.38. The number of unbranched alkanes of at least 4 members (excludes halogenated alkanes) is 3. The van der Waals surface area contributed by atoms with Crippen LogP contribution in [0.4, 0.5) is 5.69 Å². The molecule has 0 aliphatic heterocycles. The molecular weight excluding hydrogens is 360 g/mol. The number of ether oxygens (including phenoxy) is 1. The van der Waals surface area contributed by atoms with Gasteiger partial charge in [-0.05, 0) is 49.2 Å². The van der Waals surface area contributed by atoms with Crippen molar-refractivity contribution in [2.24, 2.45) is 0 Å². The molecule has 5 nitrogen and oxygen atoms in total. The minimum Gasteiger partial charge on any atom is -0.494 e. The number of anilines is 1. The van der Waals surface area contributed by atoms with Crippen LogP contribution in [0, 0.1) is 0 Å². The fourth-order valence-corrected chi connectivity index (χ4v) is 3.94. The number of nitrogens with zero attached hydrogens (tertiary/aromatic N) is 2. The standard InChI is InChI=1S/C21H30N2O3S/c1-22(2)19-13-15-20(16-14-19)26-18-10-5-4-9-17-23(3)27(24,25)21-11-7-6-8-12-21/h6-8,11-16H,4-5,9-10,17-18H2,1-3H3. The molecule has 2 rings (SSSR count). The molecule has 0 unspecified atom stereocenters. The number of rotatable bonds is 11. The zero-order valence-corrected chi connectivity index (χ0v) is 17.3. The van der Waals surface area contributed by atoms with Crippen molar-refractivity contribution in [3.63, 3.8) is 0 Å². The summed E-state index contributed by atoms with van der Waals surface area (Å²) in [7, 11) is 2.29. The highest BCUT2D eigenvalue weighted by molar-refractivity contribution is 7.89. The second-order valence-electron chi connectivity index (χ2n) is 6.79. The van der Waals surface area contributed by atoms with E-state index >= 15 is 0 Å². The van der Waals surface area contributed by atoms with Crippen LogP contribution in [0.5, 0.6) is 5.75 Å². The minimum absolute atomic E-state index is 0.348. The Balaban J connectivity index is 1.62. The smallest absolute Gasteiger partial charge is 0.242 e. The number of benzene rings is 2. The predicted octanol–water partition coefficient (Wildman–Crippen LogP) is 4.01. The molecule has 0 spiro atoms. The lowest BCUT2D eigenvalue weighted by atomic mass is 10.2. The average molecular weight is 391 g/mol. The van der Waals surface area contributed by atoms with Crippen LogP contribution in [-0.4, -0.2) is 47.0 Å². The van der Waals surface area contributed by atoms with E-state index in [1.54, 1.807) is 31.3 Å². The van der Waals surface area contributed by atoms with Crippen molar-refractivity contribution in [1.29, 1.82) is 0 Å². The van der Waals surface area contributed by atoms with Gasteiger partial charge in [0.2, 0.25) is 10.0 Å². The Morgan fingerprint density at radius 2 is 1.44 bits per heavy atom. The summed E-state index contributed by atoms with van der Waals surface area (Å²) in [6.07, 6.45) is 3.82. The van der Waals surface area contributed by atoms with Gasteiger partial charge in [0.15, 0.2) is 0 Å². The summed E-state index contributed by atoms with van der Waals surface area (Å²) in [5, 5.41) is 0. The molecule has 0 saturated carbocycles. The first-order valence-corrected chi connectivity index (χ1v) is 10.8. The third-order valence-corrected chi connectivity index (χ3v) is 6.31. The lowest BCUT2D eigenvalue weighted by molar-refractivity contribution is 0.303. The molecule has 2 aromatic carbocycles. The first-order valence-electron chi connectivity index (χ1n) is 9.33. The van der Waals surface area contributed by atoms with Gasteiger partial charge in [0.25, 0.3) is 0 Å². The summed E-state index contributed by atoms with van der Waals surface area (Å²) in [6, 6.07) is 16.6. The van der Waals surface area contributed by atoms with Gasteiger partial charge in [-0.15, -0.1) is 0 Å². The van der Waals surface area contributed by atoms with Crippen LogP contribution >= 0.6 is 0 Å². The largest absolute Gasteiger partial charge is 0.494 e. The van der Waals surface area contributed by atoms with Gasteiger partial charge in [-0.1, -0.05) is 31.0 Å². The first-order chi connectivity index (χ1) is 12.9. The third-order valence-electron chi connectivity index (χ3n) is 4.44. The second kappa shape index (κ2) is 10.3. The molecule has 0 bridgehead atoms. The molecule has 2 aromatic rings. The Morgan fingerprint density at radius 1 is 0.815 bits per heavy atom. The second-order valence-corrected chi connectivity index (χ2v) is 8.84. The maximum absolute atomic E-state index is 12.4.